The van der Waals surface area contributed by atoms with E-state index in [1.807, 2.05) is 21.9 Å². The minimum absolute atomic E-state index is 0.246. The van der Waals surface area contributed by atoms with Crippen LogP contribution in [0.15, 0.2) is 28.7 Å². The first-order valence-electron chi connectivity index (χ1n) is 9.64. The number of hydrogen-bond donors (Lipinski definition) is 0. The van der Waals surface area contributed by atoms with Gasteiger partial charge in [0.15, 0.2) is 0 Å². The Bertz CT molecular complexity index is 673. The molecule has 0 N–H and O–H groups in total. The fourth-order valence-corrected chi connectivity index (χ4v) is 4.45. The molecule has 0 bridgehead atoms. The number of carbonyl (C=O) groups is 2. The molecule has 1 aliphatic carbocycles. The van der Waals surface area contributed by atoms with E-state index in [1.54, 1.807) is 0 Å². The van der Waals surface area contributed by atoms with Crippen molar-refractivity contribution in [3.8, 4) is 0 Å². The summed E-state index contributed by atoms with van der Waals surface area (Å²) in [5, 5.41) is 0. The Labute approximate surface area is 163 Å². The molecular weight excluding hydrogens is 394 g/mol. The van der Waals surface area contributed by atoms with Gasteiger partial charge in [0.2, 0.25) is 11.8 Å². The van der Waals surface area contributed by atoms with Crippen molar-refractivity contribution in [2.75, 3.05) is 45.8 Å². The van der Waals surface area contributed by atoms with Gasteiger partial charge in [0, 0.05) is 43.7 Å². The van der Waals surface area contributed by atoms with E-state index in [1.165, 1.54) is 0 Å². The Morgan fingerprint density at radius 3 is 2.08 bits per heavy atom. The van der Waals surface area contributed by atoms with E-state index in [2.05, 4.69) is 33.0 Å². The molecule has 0 atom stereocenters. The molecule has 1 aromatic carbocycles. The molecule has 26 heavy (non-hydrogen) atoms. The third kappa shape index (κ3) is 3.54. The average molecular weight is 420 g/mol. The number of halogens is 1. The van der Waals surface area contributed by atoms with Crippen LogP contribution in [0.5, 0.6) is 0 Å². The van der Waals surface area contributed by atoms with Gasteiger partial charge in [0.05, 0.1) is 12.0 Å². The topological polar surface area (TPSA) is 43.9 Å². The molecule has 2 aliphatic heterocycles. The fraction of sp³-hybridized carbons (Fsp3) is 0.600. The second-order valence-electron chi connectivity index (χ2n) is 7.75. The maximum Gasteiger partial charge on any atom is 0.236 e. The molecule has 3 aliphatic rings. The van der Waals surface area contributed by atoms with Crippen LogP contribution in [0, 0.1) is 0 Å². The summed E-state index contributed by atoms with van der Waals surface area (Å²) in [4.78, 5) is 31.6. The van der Waals surface area contributed by atoms with Crippen LogP contribution >= 0.6 is 15.9 Å². The Balaban J connectivity index is 1.32. The maximum absolute atomic E-state index is 13.1. The van der Waals surface area contributed by atoms with Gasteiger partial charge in [-0.3, -0.25) is 14.5 Å². The summed E-state index contributed by atoms with van der Waals surface area (Å²) in [7, 11) is 0. The van der Waals surface area contributed by atoms with Crippen LogP contribution in [0.3, 0.4) is 0 Å². The molecule has 1 aromatic rings. The van der Waals surface area contributed by atoms with Crippen molar-refractivity contribution < 1.29 is 9.59 Å². The normalized spacial score (nSPS) is 22.5. The molecule has 0 radical (unpaired) electrons. The van der Waals surface area contributed by atoms with E-state index in [0.717, 1.165) is 75.0 Å². The lowest BCUT2D eigenvalue weighted by atomic mass is 9.94. The minimum atomic E-state index is -0.297. The van der Waals surface area contributed by atoms with Crippen molar-refractivity contribution in [2.45, 2.75) is 31.1 Å². The van der Waals surface area contributed by atoms with Gasteiger partial charge in [0.25, 0.3) is 0 Å². The average Bonchev–Trinajstić information content (AvgIpc) is 3.27. The van der Waals surface area contributed by atoms with Gasteiger partial charge < -0.3 is 9.80 Å². The summed E-state index contributed by atoms with van der Waals surface area (Å²) >= 11 is 3.46. The molecule has 2 heterocycles. The van der Waals surface area contributed by atoms with Crippen LogP contribution in [-0.4, -0.2) is 72.3 Å². The Kier molecular flexibility index (Phi) is 5.06. The van der Waals surface area contributed by atoms with Crippen LogP contribution in [0.4, 0.5) is 0 Å². The second-order valence-corrected chi connectivity index (χ2v) is 8.66. The van der Waals surface area contributed by atoms with E-state index in [-0.39, 0.29) is 17.2 Å². The first kappa shape index (κ1) is 18.0. The third-order valence-electron chi connectivity index (χ3n) is 6.03. The second kappa shape index (κ2) is 7.31. The molecule has 0 unspecified atom stereocenters. The summed E-state index contributed by atoms with van der Waals surface area (Å²) in [6, 6.07) is 8.18. The van der Waals surface area contributed by atoms with Crippen LogP contribution in [0.2, 0.25) is 0 Å². The Hall–Kier alpha value is -1.40. The lowest BCUT2D eigenvalue weighted by Crippen LogP contribution is -2.53. The predicted octanol–water partition coefficient (Wildman–Crippen LogP) is 2.25. The standard InChI is InChI=1S/C20H26BrN3O2/c21-17-5-3-16(4-6-17)20(7-8-20)19(26)24-13-11-22(12-14-24)15-18(25)23-9-1-2-10-23/h3-6H,1-2,7-15H2. The van der Waals surface area contributed by atoms with Gasteiger partial charge in [-0.05, 0) is 43.4 Å². The number of benzene rings is 1. The lowest BCUT2D eigenvalue weighted by Gasteiger charge is -2.37. The zero-order valence-corrected chi connectivity index (χ0v) is 16.7. The summed E-state index contributed by atoms with van der Waals surface area (Å²) in [6.07, 6.45) is 4.15. The molecule has 3 fully saturated rings. The zero-order chi connectivity index (χ0) is 18.1. The monoisotopic (exact) mass is 419 g/mol. The van der Waals surface area contributed by atoms with Crippen LogP contribution < -0.4 is 0 Å². The number of piperazine rings is 1. The lowest BCUT2D eigenvalue weighted by molar-refractivity contribution is -0.136. The number of rotatable bonds is 4. The highest BCUT2D eigenvalue weighted by Crippen LogP contribution is 2.49. The molecule has 5 nitrogen and oxygen atoms in total. The fourth-order valence-electron chi connectivity index (χ4n) is 4.19. The van der Waals surface area contributed by atoms with Gasteiger partial charge in [-0.15, -0.1) is 0 Å². The summed E-state index contributed by atoms with van der Waals surface area (Å²) < 4.78 is 1.04. The van der Waals surface area contributed by atoms with E-state index >= 15 is 0 Å². The molecule has 4 rings (SSSR count). The number of nitrogens with zero attached hydrogens (tertiary/aromatic N) is 3. The van der Waals surface area contributed by atoms with E-state index < -0.39 is 0 Å². The van der Waals surface area contributed by atoms with Crippen molar-refractivity contribution >= 4 is 27.7 Å². The number of carbonyl (C=O) groups excluding carboxylic acids is 2. The van der Waals surface area contributed by atoms with E-state index in [4.69, 9.17) is 0 Å². The number of amides is 2. The minimum Gasteiger partial charge on any atom is -0.342 e. The van der Waals surface area contributed by atoms with Gasteiger partial charge in [-0.1, -0.05) is 28.1 Å². The van der Waals surface area contributed by atoms with Gasteiger partial charge in [-0.25, -0.2) is 0 Å². The molecule has 1 saturated carbocycles. The highest BCUT2D eigenvalue weighted by Gasteiger charge is 2.53. The van der Waals surface area contributed by atoms with Gasteiger partial charge in [-0.2, -0.15) is 0 Å². The largest absolute Gasteiger partial charge is 0.342 e. The summed E-state index contributed by atoms with van der Waals surface area (Å²) in [5.41, 5.74) is 0.839. The van der Waals surface area contributed by atoms with Crippen LogP contribution in [0.1, 0.15) is 31.2 Å². The molecule has 2 amide bonds. The third-order valence-corrected chi connectivity index (χ3v) is 6.56. The van der Waals surface area contributed by atoms with Crippen LogP contribution in [0.25, 0.3) is 0 Å². The molecule has 6 heteroatoms. The first-order valence-corrected chi connectivity index (χ1v) is 10.4. The van der Waals surface area contributed by atoms with Gasteiger partial charge >= 0.3 is 0 Å². The van der Waals surface area contributed by atoms with Gasteiger partial charge in [0.1, 0.15) is 0 Å². The number of hydrogen-bond acceptors (Lipinski definition) is 3. The highest BCUT2D eigenvalue weighted by atomic mass is 79.9. The smallest absolute Gasteiger partial charge is 0.236 e. The highest BCUT2D eigenvalue weighted by molar-refractivity contribution is 9.10. The predicted molar refractivity (Wildman–Crippen MR) is 104 cm³/mol. The molecule has 140 valence electrons. The zero-order valence-electron chi connectivity index (χ0n) is 15.1. The van der Waals surface area contributed by atoms with Crippen molar-refractivity contribution in [3.05, 3.63) is 34.3 Å². The first-order chi connectivity index (χ1) is 12.6. The maximum atomic E-state index is 13.1. The van der Waals surface area contributed by atoms with Crippen LogP contribution in [-0.2, 0) is 15.0 Å². The van der Waals surface area contributed by atoms with E-state index in [9.17, 15) is 9.59 Å². The number of likely N-dealkylation sites (tertiary alicyclic amines) is 1. The molecular formula is C20H26BrN3O2. The summed E-state index contributed by atoms with van der Waals surface area (Å²) in [6.45, 7) is 5.36. The van der Waals surface area contributed by atoms with E-state index in [0.29, 0.717) is 6.54 Å². The molecule has 2 saturated heterocycles. The van der Waals surface area contributed by atoms with Crippen molar-refractivity contribution in [1.82, 2.24) is 14.7 Å². The SMILES string of the molecule is O=C(CN1CCN(C(=O)C2(c3ccc(Br)cc3)CC2)CC1)N1CCCC1. The quantitative estimate of drug-likeness (QED) is 0.751. The van der Waals surface area contributed by atoms with Crippen molar-refractivity contribution in [1.29, 1.82) is 0 Å². The molecule has 0 spiro atoms. The Morgan fingerprint density at radius 1 is 0.885 bits per heavy atom. The molecule has 0 aromatic heterocycles. The summed E-state index contributed by atoms with van der Waals surface area (Å²) in [5.74, 6) is 0.515. The van der Waals surface area contributed by atoms with Crippen molar-refractivity contribution in [2.24, 2.45) is 0 Å². The van der Waals surface area contributed by atoms with Crippen molar-refractivity contribution in [3.63, 3.8) is 0 Å². The Morgan fingerprint density at radius 2 is 1.50 bits per heavy atom.